The van der Waals surface area contributed by atoms with Gasteiger partial charge in [0.1, 0.15) is 0 Å². The third-order valence-corrected chi connectivity index (χ3v) is 4.53. The second kappa shape index (κ2) is 4.19. The van der Waals surface area contributed by atoms with E-state index in [1.807, 2.05) is 0 Å². The van der Waals surface area contributed by atoms with E-state index in [-0.39, 0.29) is 0 Å². The molecule has 2 aliphatic rings. The van der Waals surface area contributed by atoms with Crippen molar-refractivity contribution in [1.29, 1.82) is 0 Å². The van der Waals surface area contributed by atoms with Gasteiger partial charge in [-0.1, -0.05) is 13.8 Å². The molecule has 14 heavy (non-hydrogen) atoms. The standard InChI is InChI=1S/C12H23NO/c1-8-9(2)12-4-5-14-7-11(12)6-13-10(8)3/h8-13H,4-7H2,1-3H3/t8-,9+,10?,11?,12?/m0/s1. The topological polar surface area (TPSA) is 21.3 Å². The van der Waals surface area contributed by atoms with Gasteiger partial charge < -0.3 is 10.1 Å². The smallest absolute Gasteiger partial charge is 0.0509 e. The third-order valence-electron chi connectivity index (χ3n) is 4.53. The fourth-order valence-corrected chi connectivity index (χ4v) is 3.08. The van der Waals surface area contributed by atoms with Gasteiger partial charge in [-0.2, -0.15) is 0 Å². The van der Waals surface area contributed by atoms with E-state index < -0.39 is 0 Å². The van der Waals surface area contributed by atoms with Gasteiger partial charge in [0, 0.05) is 19.2 Å². The van der Waals surface area contributed by atoms with Gasteiger partial charge in [-0.3, -0.25) is 0 Å². The fourth-order valence-electron chi connectivity index (χ4n) is 3.08. The minimum Gasteiger partial charge on any atom is -0.381 e. The Kier molecular flexibility index (Phi) is 3.13. The molecule has 2 heteroatoms. The van der Waals surface area contributed by atoms with Gasteiger partial charge in [-0.25, -0.2) is 0 Å². The van der Waals surface area contributed by atoms with Crippen molar-refractivity contribution in [3.8, 4) is 0 Å². The maximum atomic E-state index is 5.57. The van der Waals surface area contributed by atoms with E-state index in [1.165, 1.54) is 6.42 Å². The molecule has 2 rings (SSSR count). The monoisotopic (exact) mass is 197 g/mol. The van der Waals surface area contributed by atoms with E-state index in [0.717, 1.165) is 43.4 Å². The van der Waals surface area contributed by atoms with Crippen molar-refractivity contribution in [3.63, 3.8) is 0 Å². The van der Waals surface area contributed by atoms with Gasteiger partial charge in [0.05, 0.1) is 6.61 Å². The van der Waals surface area contributed by atoms with E-state index in [2.05, 4.69) is 26.1 Å². The zero-order valence-electron chi connectivity index (χ0n) is 9.62. The Morgan fingerprint density at radius 3 is 2.71 bits per heavy atom. The Labute approximate surface area is 87.4 Å². The van der Waals surface area contributed by atoms with Crippen LogP contribution < -0.4 is 5.32 Å². The van der Waals surface area contributed by atoms with Gasteiger partial charge >= 0.3 is 0 Å². The normalized spacial score (nSPS) is 49.5. The highest BCUT2D eigenvalue weighted by Gasteiger charge is 2.36. The Balaban J connectivity index is 2.10. The molecule has 2 aliphatic heterocycles. The van der Waals surface area contributed by atoms with Gasteiger partial charge in [0.2, 0.25) is 0 Å². The minimum atomic E-state index is 0.663. The molecular formula is C12H23NO. The zero-order valence-corrected chi connectivity index (χ0v) is 9.62. The first-order valence-electron chi connectivity index (χ1n) is 6.01. The van der Waals surface area contributed by atoms with Crippen LogP contribution in [0.2, 0.25) is 0 Å². The lowest BCUT2D eigenvalue weighted by Crippen LogP contribution is -2.35. The predicted octanol–water partition coefficient (Wildman–Crippen LogP) is 1.90. The molecule has 0 radical (unpaired) electrons. The summed E-state index contributed by atoms with van der Waals surface area (Å²) in [7, 11) is 0. The van der Waals surface area contributed by atoms with Crippen molar-refractivity contribution in [2.24, 2.45) is 23.7 Å². The maximum absolute atomic E-state index is 5.57. The molecule has 2 heterocycles. The fraction of sp³-hybridized carbons (Fsp3) is 1.00. The van der Waals surface area contributed by atoms with Crippen LogP contribution >= 0.6 is 0 Å². The summed E-state index contributed by atoms with van der Waals surface area (Å²) in [6, 6.07) is 0.663. The molecule has 2 fully saturated rings. The van der Waals surface area contributed by atoms with Crippen molar-refractivity contribution >= 4 is 0 Å². The van der Waals surface area contributed by atoms with Crippen molar-refractivity contribution in [2.45, 2.75) is 33.2 Å². The van der Waals surface area contributed by atoms with Crippen molar-refractivity contribution in [2.75, 3.05) is 19.8 Å². The largest absolute Gasteiger partial charge is 0.381 e. The van der Waals surface area contributed by atoms with E-state index >= 15 is 0 Å². The van der Waals surface area contributed by atoms with Crippen molar-refractivity contribution in [1.82, 2.24) is 5.32 Å². The summed E-state index contributed by atoms with van der Waals surface area (Å²) >= 11 is 0. The van der Waals surface area contributed by atoms with Crippen molar-refractivity contribution in [3.05, 3.63) is 0 Å². The van der Waals surface area contributed by atoms with E-state index in [0.29, 0.717) is 6.04 Å². The molecule has 2 nitrogen and oxygen atoms in total. The highest BCUT2D eigenvalue weighted by Crippen LogP contribution is 2.36. The quantitative estimate of drug-likeness (QED) is 0.640. The lowest BCUT2D eigenvalue weighted by Gasteiger charge is -2.35. The number of hydrogen-bond donors (Lipinski definition) is 1. The second-order valence-electron chi connectivity index (χ2n) is 5.20. The van der Waals surface area contributed by atoms with Crippen LogP contribution in [0.15, 0.2) is 0 Å². The van der Waals surface area contributed by atoms with Gasteiger partial charge in [-0.15, -0.1) is 0 Å². The summed E-state index contributed by atoms with van der Waals surface area (Å²) in [5, 5.41) is 3.64. The Morgan fingerprint density at radius 1 is 1.14 bits per heavy atom. The molecule has 0 spiro atoms. The van der Waals surface area contributed by atoms with Crippen LogP contribution in [0.3, 0.4) is 0 Å². The molecule has 3 unspecified atom stereocenters. The van der Waals surface area contributed by atoms with E-state index in [1.54, 1.807) is 0 Å². The summed E-state index contributed by atoms with van der Waals surface area (Å²) in [6.07, 6.45) is 1.27. The minimum absolute atomic E-state index is 0.663. The molecule has 0 aromatic heterocycles. The first kappa shape index (κ1) is 10.4. The van der Waals surface area contributed by atoms with Gasteiger partial charge in [-0.05, 0) is 37.0 Å². The molecule has 0 bridgehead atoms. The number of rotatable bonds is 0. The van der Waals surface area contributed by atoms with Crippen LogP contribution in [0.1, 0.15) is 27.2 Å². The van der Waals surface area contributed by atoms with Gasteiger partial charge in [0.15, 0.2) is 0 Å². The molecule has 2 saturated heterocycles. The lowest BCUT2D eigenvalue weighted by atomic mass is 9.74. The summed E-state index contributed by atoms with van der Waals surface area (Å²) in [4.78, 5) is 0. The molecular weight excluding hydrogens is 174 g/mol. The first-order valence-corrected chi connectivity index (χ1v) is 6.01. The predicted molar refractivity (Wildman–Crippen MR) is 58.2 cm³/mol. The van der Waals surface area contributed by atoms with Crippen LogP contribution in [0, 0.1) is 23.7 Å². The molecule has 0 aliphatic carbocycles. The zero-order chi connectivity index (χ0) is 10.1. The van der Waals surface area contributed by atoms with E-state index in [4.69, 9.17) is 4.74 Å². The third kappa shape index (κ3) is 1.82. The average molecular weight is 197 g/mol. The van der Waals surface area contributed by atoms with Crippen LogP contribution in [0.5, 0.6) is 0 Å². The number of nitrogens with one attached hydrogen (secondary N) is 1. The Hall–Kier alpha value is -0.0800. The Bertz CT molecular complexity index is 195. The maximum Gasteiger partial charge on any atom is 0.0509 e. The van der Waals surface area contributed by atoms with Crippen molar-refractivity contribution < 1.29 is 4.74 Å². The highest BCUT2D eigenvalue weighted by molar-refractivity contribution is 4.88. The molecule has 82 valence electrons. The summed E-state index contributed by atoms with van der Waals surface area (Å²) in [6.45, 7) is 10.2. The molecule has 0 aromatic carbocycles. The molecule has 5 atom stereocenters. The molecule has 0 aromatic rings. The molecule has 0 saturated carbocycles. The average Bonchev–Trinajstić information content (AvgIpc) is 2.32. The SMILES string of the molecule is CC1NCC2COCCC2[C@H](C)[C@@H]1C. The Morgan fingerprint density at radius 2 is 1.93 bits per heavy atom. The lowest BCUT2D eigenvalue weighted by molar-refractivity contribution is -0.00114. The van der Waals surface area contributed by atoms with E-state index in [9.17, 15) is 0 Å². The summed E-state index contributed by atoms with van der Waals surface area (Å²) in [5.41, 5.74) is 0. The number of ether oxygens (including phenoxy) is 1. The van der Waals surface area contributed by atoms with Crippen LogP contribution in [0.25, 0.3) is 0 Å². The van der Waals surface area contributed by atoms with Crippen LogP contribution in [-0.2, 0) is 4.74 Å². The number of fused-ring (bicyclic) bond motifs is 1. The van der Waals surface area contributed by atoms with Gasteiger partial charge in [0.25, 0.3) is 0 Å². The van der Waals surface area contributed by atoms with Crippen LogP contribution in [0.4, 0.5) is 0 Å². The number of hydrogen-bond acceptors (Lipinski definition) is 2. The molecule has 1 N–H and O–H groups in total. The highest BCUT2D eigenvalue weighted by atomic mass is 16.5. The second-order valence-corrected chi connectivity index (χ2v) is 5.20. The van der Waals surface area contributed by atoms with Crippen LogP contribution in [-0.4, -0.2) is 25.8 Å². The first-order chi connectivity index (χ1) is 6.70. The summed E-state index contributed by atoms with van der Waals surface area (Å²) < 4.78 is 5.57. The summed E-state index contributed by atoms with van der Waals surface area (Å²) in [5.74, 6) is 3.28. The molecule has 0 amide bonds.